The molecule has 2 N–H and O–H groups in total. The lowest BCUT2D eigenvalue weighted by molar-refractivity contribution is -0.147. The van der Waals surface area contributed by atoms with E-state index in [9.17, 15) is 0 Å². The molecule has 2 aliphatic heterocycles. The highest BCUT2D eigenvalue weighted by Crippen LogP contribution is 2.41. The van der Waals surface area contributed by atoms with Crippen molar-refractivity contribution in [1.82, 2.24) is 0 Å². The Morgan fingerprint density at radius 1 is 1.67 bits per heavy atom. The number of rotatable bonds is 1. The van der Waals surface area contributed by atoms with Crippen molar-refractivity contribution in [3.05, 3.63) is 0 Å². The molecule has 0 aromatic heterocycles. The van der Waals surface area contributed by atoms with Crippen molar-refractivity contribution >= 4 is 11.8 Å². The lowest BCUT2D eigenvalue weighted by Crippen LogP contribution is -2.32. The topological polar surface area (TPSA) is 44.5 Å². The summed E-state index contributed by atoms with van der Waals surface area (Å²) >= 11 is 1.92. The molecule has 12 heavy (non-hydrogen) atoms. The molecule has 0 aliphatic carbocycles. The predicted molar refractivity (Wildman–Crippen MR) is 49.1 cm³/mol. The van der Waals surface area contributed by atoms with Gasteiger partial charge >= 0.3 is 0 Å². The molecule has 0 aromatic carbocycles. The van der Waals surface area contributed by atoms with Gasteiger partial charge in [0.25, 0.3) is 0 Å². The highest BCUT2D eigenvalue weighted by molar-refractivity contribution is 8.00. The van der Waals surface area contributed by atoms with E-state index in [0.717, 1.165) is 12.2 Å². The van der Waals surface area contributed by atoms with Crippen molar-refractivity contribution < 1.29 is 9.47 Å². The number of nitrogens with two attached hydrogens (primary N) is 1. The summed E-state index contributed by atoms with van der Waals surface area (Å²) in [7, 11) is 0. The van der Waals surface area contributed by atoms with Crippen LogP contribution in [0.25, 0.3) is 0 Å². The van der Waals surface area contributed by atoms with Gasteiger partial charge in [0.1, 0.15) is 0 Å². The summed E-state index contributed by atoms with van der Waals surface area (Å²) in [5.74, 6) is 0.679. The first-order valence-electron chi connectivity index (χ1n) is 4.37. The highest BCUT2D eigenvalue weighted by Gasteiger charge is 2.46. The molecule has 0 bridgehead atoms. The van der Waals surface area contributed by atoms with Gasteiger partial charge in [-0.05, 0) is 0 Å². The summed E-state index contributed by atoms with van der Waals surface area (Å²) in [6.45, 7) is 3.45. The third kappa shape index (κ3) is 1.48. The molecule has 0 aromatic rings. The van der Waals surface area contributed by atoms with Crippen LogP contribution < -0.4 is 5.73 Å². The van der Waals surface area contributed by atoms with Crippen LogP contribution in [0.5, 0.6) is 0 Å². The van der Waals surface area contributed by atoms with Gasteiger partial charge < -0.3 is 15.2 Å². The van der Waals surface area contributed by atoms with Gasteiger partial charge in [-0.1, -0.05) is 6.92 Å². The fourth-order valence-corrected chi connectivity index (χ4v) is 2.92. The summed E-state index contributed by atoms with van der Waals surface area (Å²) in [6, 6.07) is 0. The van der Waals surface area contributed by atoms with Gasteiger partial charge in [-0.3, -0.25) is 0 Å². The van der Waals surface area contributed by atoms with Gasteiger partial charge in [-0.2, -0.15) is 11.8 Å². The average molecular weight is 189 g/mol. The van der Waals surface area contributed by atoms with Crippen molar-refractivity contribution in [3.63, 3.8) is 0 Å². The molecule has 4 heteroatoms. The Hall–Kier alpha value is 0.230. The van der Waals surface area contributed by atoms with Crippen molar-refractivity contribution in [3.8, 4) is 0 Å². The van der Waals surface area contributed by atoms with Gasteiger partial charge in [0, 0.05) is 24.0 Å². The predicted octanol–water partition coefficient (Wildman–Crippen LogP) is 0.582. The minimum Gasteiger partial charge on any atom is -0.346 e. The first kappa shape index (κ1) is 8.81. The van der Waals surface area contributed by atoms with Crippen LogP contribution in [-0.4, -0.2) is 36.0 Å². The summed E-state index contributed by atoms with van der Waals surface area (Å²) < 4.78 is 11.4. The minimum atomic E-state index is -0.284. The SMILES string of the molecule is CC1CC2(CS1)OCC(CN)O2. The fourth-order valence-electron chi connectivity index (χ4n) is 1.74. The van der Waals surface area contributed by atoms with Crippen molar-refractivity contribution in [2.75, 3.05) is 18.9 Å². The van der Waals surface area contributed by atoms with Crippen molar-refractivity contribution in [2.24, 2.45) is 5.73 Å². The second kappa shape index (κ2) is 3.18. The molecule has 2 fully saturated rings. The van der Waals surface area contributed by atoms with Crippen LogP contribution in [0.15, 0.2) is 0 Å². The van der Waals surface area contributed by atoms with E-state index in [4.69, 9.17) is 15.2 Å². The van der Waals surface area contributed by atoms with E-state index in [1.807, 2.05) is 11.8 Å². The summed E-state index contributed by atoms with van der Waals surface area (Å²) in [5, 5.41) is 0.654. The van der Waals surface area contributed by atoms with E-state index < -0.39 is 0 Å². The summed E-state index contributed by atoms with van der Waals surface area (Å²) in [5.41, 5.74) is 5.51. The van der Waals surface area contributed by atoms with Crippen LogP contribution in [0.4, 0.5) is 0 Å². The van der Waals surface area contributed by atoms with Crippen molar-refractivity contribution in [2.45, 2.75) is 30.5 Å². The van der Waals surface area contributed by atoms with E-state index >= 15 is 0 Å². The van der Waals surface area contributed by atoms with E-state index in [1.54, 1.807) is 0 Å². The molecule has 3 nitrogen and oxygen atoms in total. The van der Waals surface area contributed by atoms with E-state index in [-0.39, 0.29) is 11.9 Å². The zero-order chi connectivity index (χ0) is 8.60. The monoisotopic (exact) mass is 189 g/mol. The van der Waals surface area contributed by atoms with E-state index in [2.05, 4.69) is 6.92 Å². The molecule has 0 radical (unpaired) electrons. The maximum Gasteiger partial charge on any atom is 0.178 e. The summed E-state index contributed by atoms with van der Waals surface area (Å²) in [4.78, 5) is 0. The Morgan fingerprint density at radius 2 is 2.50 bits per heavy atom. The van der Waals surface area contributed by atoms with Gasteiger partial charge in [0.15, 0.2) is 5.79 Å². The molecule has 2 heterocycles. The third-order valence-electron chi connectivity index (χ3n) is 2.36. The lowest BCUT2D eigenvalue weighted by atomic mass is 10.2. The zero-order valence-corrected chi connectivity index (χ0v) is 8.10. The van der Waals surface area contributed by atoms with Crippen LogP contribution in [-0.2, 0) is 9.47 Å². The van der Waals surface area contributed by atoms with Gasteiger partial charge in [-0.25, -0.2) is 0 Å². The van der Waals surface area contributed by atoms with Crippen LogP contribution in [0.2, 0.25) is 0 Å². The smallest absolute Gasteiger partial charge is 0.178 e. The fraction of sp³-hybridized carbons (Fsp3) is 1.00. The van der Waals surface area contributed by atoms with Crippen molar-refractivity contribution in [1.29, 1.82) is 0 Å². The number of ether oxygens (including phenoxy) is 2. The molecule has 70 valence electrons. The number of thioether (sulfide) groups is 1. The molecular weight excluding hydrogens is 174 g/mol. The zero-order valence-electron chi connectivity index (χ0n) is 7.29. The van der Waals surface area contributed by atoms with Crippen LogP contribution in [0, 0.1) is 0 Å². The van der Waals surface area contributed by atoms with E-state index in [0.29, 0.717) is 18.4 Å². The quantitative estimate of drug-likeness (QED) is 0.655. The van der Waals surface area contributed by atoms with E-state index in [1.165, 1.54) is 0 Å². The molecule has 3 atom stereocenters. The first-order chi connectivity index (χ1) is 5.74. The summed E-state index contributed by atoms with van der Waals surface area (Å²) in [6.07, 6.45) is 1.13. The molecule has 2 rings (SSSR count). The largest absolute Gasteiger partial charge is 0.346 e. The standard InChI is InChI=1S/C8H15NO2S/c1-6-2-8(5-12-6)10-4-7(3-9)11-8/h6-7H,2-5,9H2,1H3. The molecule has 3 unspecified atom stereocenters. The van der Waals surface area contributed by atoms with Crippen LogP contribution in [0.3, 0.4) is 0 Å². The molecule has 2 aliphatic rings. The highest BCUT2D eigenvalue weighted by atomic mass is 32.2. The Balaban J connectivity index is 1.97. The van der Waals surface area contributed by atoms with Gasteiger partial charge in [0.2, 0.25) is 0 Å². The maximum absolute atomic E-state index is 5.76. The molecule has 0 saturated carbocycles. The Labute approximate surface area is 77.0 Å². The second-order valence-corrected chi connectivity index (χ2v) is 4.95. The lowest BCUT2D eigenvalue weighted by Gasteiger charge is -2.21. The Bertz CT molecular complexity index is 178. The number of hydrogen-bond donors (Lipinski definition) is 1. The Kier molecular flexibility index (Phi) is 2.33. The van der Waals surface area contributed by atoms with Crippen LogP contribution >= 0.6 is 11.8 Å². The first-order valence-corrected chi connectivity index (χ1v) is 5.42. The molecular formula is C8H15NO2S. The second-order valence-electron chi connectivity index (χ2n) is 3.52. The number of hydrogen-bond acceptors (Lipinski definition) is 4. The Morgan fingerprint density at radius 3 is 3.00 bits per heavy atom. The van der Waals surface area contributed by atoms with Crippen LogP contribution in [0.1, 0.15) is 13.3 Å². The molecule has 2 saturated heterocycles. The molecule has 0 amide bonds. The minimum absolute atomic E-state index is 0.121. The molecule has 1 spiro atoms. The average Bonchev–Trinajstić information content (AvgIpc) is 2.61. The van der Waals surface area contributed by atoms with Gasteiger partial charge in [-0.15, -0.1) is 0 Å². The maximum atomic E-state index is 5.76. The third-order valence-corrected chi connectivity index (χ3v) is 3.71. The normalized spacial score (nSPS) is 47.5. The van der Waals surface area contributed by atoms with Gasteiger partial charge in [0.05, 0.1) is 12.7 Å².